The van der Waals surface area contributed by atoms with Gasteiger partial charge >= 0.3 is 6.09 Å². The Hall–Kier alpha value is -1.22. The van der Waals surface area contributed by atoms with Crippen LogP contribution in [0.2, 0.25) is 5.02 Å². The van der Waals surface area contributed by atoms with E-state index in [-0.39, 0.29) is 12.1 Å². The summed E-state index contributed by atoms with van der Waals surface area (Å²) in [5.74, 6) is 0. The van der Waals surface area contributed by atoms with E-state index in [2.05, 4.69) is 5.32 Å². The van der Waals surface area contributed by atoms with Gasteiger partial charge in [-0.05, 0) is 26.3 Å². The average molecular weight is 256 g/mol. The minimum Gasteiger partial charge on any atom is -0.441 e. The van der Waals surface area contributed by atoms with Crippen molar-refractivity contribution in [3.05, 3.63) is 34.9 Å². The van der Waals surface area contributed by atoms with E-state index in [1.807, 2.05) is 39.0 Å². The van der Waals surface area contributed by atoms with Crippen LogP contribution in [0.15, 0.2) is 24.3 Å². The highest BCUT2D eigenvalue weighted by Crippen LogP contribution is 2.27. The number of carbonyl (C=O) groups is 1. The van der Waals surface area contributed by atoms with Gasteiger partial charge in [0.25, 0.3) is 0 Å². The second-order valence-corrected chi connectivity index (χ2v) is 4.53. The van der Waals surface area contributed by atoms with E-state index in [4.69, 9.17) is 16.3 Å². The lowest BCUT2D eigenvalue weighted by molar-refractivity contribution is 0.0933. The van der Waals surface area contributed by atoms with E-state index in [0.29, 0.717) is 11.4 Å². The molecule has 0 heterocycles. The summed E-state index contributed by atoms with van der Waals surface area (Å²) in [5.41, 5.74) is 0.843. The zero-order chi connectivity index (χ0) is 12.8. The molecule has 1 N–H and O–H groups in total. The maximum Gasteiger partial charge on any atom is 0.407 e. The minimum atomic E-state index is -0.410. The molecule has 0 aliphatic heterocycles. The van der Waals surface area contributed by atoms with Gasteiger partial charge in [0.1, 0.15) is 6.10 Å². The molecule has 94 valence electrons. The first-order valence-electron chi connectivity index (χ1n) is 5.76. The second-order valence-electron chi connectivity index (χ2n) is 4.12. The number of rotatable bonds is 4. The second kappa shape index (κ2) is 6.50. The van der Waals surface area contributed by atoms with Gasteiger partial charge in [0, 0.05) is 16.6 Å². The van der Waals surface area contributed by atoms with Crippen LogP contribution in [0.5, 0.6) is 0 Å². The van der Waals surface area contributed by atoms with Gasteiger partial charge in [-0.2, -0.15) is 0 Å². The summed E-state index contributed by atoms with van der Waals surface area (Å²) in [5, 5.41) is 3.31. The van der Waals surface area contributed by atoms with Crippen LogP contribution in [0.3, 0.4) is 0 Å². The molecular weight excluding hydrogens is 238 g/mol. The molecule has 1 atom stereocenters. The van der Waals surface area contributed by atoms with E-state index in [0.717, 1.165) is 5.56 Å². The quantitative estimate of drug-likeness (QED) is 0.885. The largest absolute Gasteiger partial charge is 0.441 e. The average Bonchev–Trinajstić information content (AvgIpc) is 2.26. The van der Waals surface area contributed by atoms with Gasteiger partial charge in [0.2, 0.25) is 0 Å². The van der Waals surface area contributed by atoms with Gasteiger partial charge in [-0.25, -0.2) is 4.79 Å². The molecule has 1 amide bonds. The van der Waals surface area contributed by atoms with Crippen molar-refractivity contribution in [2.24, 2.45) is 0 Å². The van der Waals surface area contributed by atoms with E-state index in [1.54, 1.807) is 6.07 Å². The van der Waals surface area contributed by atoms with E-state index < -0.39 is 6.09 Å². The van der Waals surface area contributed by atoms with E-state index >= 15 is 0 Å². The number of nitrogens with one attached hydrogen (secondary N) is 1. The zero-order valence-electron chi connectivity index (χ0n) is 10.4. The normalized spacial score (nSPS) is 12.3. The van der Waals surface area contributed by atoms with Gasteiger partial charge in [-0.15, -0.1) is 0 Å². The number of amides is 1. The van der Waals surface area contributed by atoms with E-state index in [9.17, 15) is 4.79 Å². The van der Waals surface area contributed by atoms with Crippen LogP contribution in [0.1, 0.15) is 38.9 Å². The molecule has 1 unspecified atom stereocenters. The van der Waals surface area contributed by atoms with Crippen molar-refractivity contribution in [2.45, 2.75) is 39.3 Å². The molecule has 1 aromatic rings. The highest BCUT2D eigenvalue weighted by molar-refractivity contribution is 6.31. The standard InChI is InChI=1S/C13H18ClNO2/c1-4-12(17-13(16)15-9(2)3)10-7-5-6-8-11(10)14/h5-9,12H,4H2,1-3H3,(H,15,16). The van der Waals surface area contributed by atoms with Crippen LogP contribution in [0, 0.1) is 0 Å². The van der Waals surface area contributed by atoms with Crippen LogP contribution >= 0.6 is 11.6 Å². The Kier molecular flexibility index (Phi) is 5.29. The number of alkyl carbamates (subject to hydrolysis) is 1. The molecule has 0 saturated heterocycles. The topological polar surface area (TPSA) is 38.3 Å². The predicted molar refractivity (Wildman–Crippen MR) is 69.2 cm³/mol. The summed E-state index contributed by atoms with van der Waals surface area (Å²) in [7, 11) is 0. The highest BCUT2D eigenvalue weighted by atomic mass is 35.5. The summed E-state index contributed by atoms with van der Waals surface area (Å²) in [6, 6.07) is 7.47. The van der Waals surface area contributed by atoms with Crippen molar-refractivity contribution in [2.75, 3.05) is 0 Å². The summed E-state index contributed by atoms with van der Waals surface area (Å²) < 4.78 is 5.34. The molecule has 0 aromatic heterocycles. The van der Waals surface area contributed by atoms with Gasteiger partial charge < -0.3 is 10.1 Å². The number of benzene rings is 1. The van der Waals surface area contributed by atoms with Crippen LogP contribution < -0.4 is 5.32 Å². The lowest BCUT2D eigenvalue weighted by Gasteiger charge is -2.19. The Labute approximate surface area is 107 Å². The Morgan fingerprint density at radius 3 is 2.59 bits per heavy atom. The molecule has 17 heavy (non-hydrogen) atoms. The number of hydrogen-bond donors (Lipinski definition) is 1. The first kappa shape index (κ1) is 13.8. The van der Waals surface area contributed by atoms with Gasteiger partial charge in [-0.1, -0.05) is 36.7 Å². The lowest BCUT2D eigenvalue weighted by Crippen LogP contribution is -2.31. The molecule has 0 aliphatic rings. The molecule has 0 aliphatic carbocycles. The molecule has 3 nitrogen and oxygen atoms in total. The summed E-state index contributed by atoms with van der Waals surface area (Å²) >= 11 is 6.08. The fourth-order valence-corrected chi connectivity index (χ4v) is 1.76. The maximum atomic E-state index is 11.5. The van der Waals surface area contributed by atoms with Crippen LogP contribution in [0.25, 0.3) is 0 Å². The molecule has 4 heteroatoms. The summed E-state index contributed by atoms with van der Waals surface area (Å²) in [6.07, 6.45) is -0.0240. The Bertz CT molecular complexity index is 379. The maximum absolute atomic E-state index is 11.5. The van der Waals surface area contributed by atoms with Crippen molar-refractivity contribution in [1.82, 2.24) is 5.32 Å². The third-order valence-corrected chi connectivity index (χ3v) is 2.62. The lowest BCUT2D eigenvalue weighted by atomic mass is 10.1. The van der Waals surface area contributed by atoms with Crippen LogP contribution in [-0.4, -0.2) is 12.1 Å². The first-order valence-corrected chi connectivity index (χ1v) is 6.14. The molecule has 0 saturated carbocycles. The monoisotopic (exact) mass is 255 g/mol. The molecular formula is C13H18ClNO2. The van der Waals surface area contributed by atoms with Gasteiger partial charge in [-0.3, -0.25) is 0 Å². The van der Waals surface area contributed by atoms with Crippen molar-refractivity contribution in [3.63, 3.8) is 0 Å². The number of ether oxygens (including phenoxy) is 1. The minimum absolute atomic E-state index is 0.0613. The summed E-state index contributed by atoms with van der Waals surface area (Å²) in [6.45, 7) is 5.73. The number of carbonyl (C=O) groups excluding carboxylic acids is 1. The van der Waals surface area contributed by atoms with Crippen molar-refractivity contribution in [1.29, 1.82) is 0 Å². The smallest absolute Gasteiger partial charge is 0.407 e. The highest BCUT2D eigenvalue weighted by Gasteiger charge is 2.17. The molecule has 0 fully saturated rings. The third-order valence-electron chi connectivity index (χ3n) is 2.28. The van der Waals surface area contributed by atoms with Crippen molar-refractivity contribution < 1.29 is 9.53 Å². The molecule has 1 rings (SSSR count). The van der Waals surface area contributed by atoms with Gasteiger partial charge in [0.15, 0.2) is 0 Å². The fraction of sp³-hybridized carbons (Fsp3) is 0.462. The molecule has 0 radical (unpaired) electrons. The van der Waals surface area contributed by atoms with Gasteiger partial charge in [0.05, 0.1) is 0 Å². The Morgan fingerprint density at radius 2 is 2.06 bits per heavy atom. The Morgan fingerprint density at radius 1 is 1.41 bits per heavy atom. The predicted octanol–water partition coefficient (Wildman–Crippen LogP) is 3.93. The van der Waals surface area contributed by atoms with Crippen molar-refractivity contribution in [3.8, 4) is 0 Å². The fourth-order valence-electron chi connectivity index (χ4n) is 1.50. The number of hydrogen-bond acceptors (Lipinski definition) is 2. The number of halogens is 1. The molecule has 0 bridgehead atoms. The van der Waals surface area contributed by atoms with Crippen molar-refractivity contribution >= 4 is 17.7 Å². The molecule has 1 aromatic carbocycles. The Balaban J connectivity index is 2.73. The van der Waals surface area contributed by atoms with Crippen LogP contribution in [0.4, 0.5) is 4.79 Å². The van der Waals surface area contributed by atoms with Crippen LogP contribution in [-0.2, 0) is 4.74 Å². The van der Waals surface area contributed by atoms with E-state index in [1.165, 1.54) is 0 Å². The molecule has 0 spiro atoms. The first-order chi connectivity index (χ1) is 8.04. The summed E-state index contributed by atoms with van der Waals surface area (Å²) in [4.78, 5) is 11.5. The third kappa shape index (κ3) is 4.27. The SMILES string of the molecule is CCC(OC(=O)NC(C)C)c1ccccc1Cl. The zero-order valence-corrected chi connectivity index (χ0v) is 11.1.